The van der Waals surface area contributed by atoms with E-state index in [2.05, 4.69) is 26.0 Å². The summed E-state index contributed by atoms with van der Waals surface area (Å²) in [6.45, 7) is 4.46. The van der Waals surface area contributed by atoms with Crippen LogP contribution in [0.2, 0.25) is 0 Å². The monoisotopic (exact) mass is 298 g/mol. The molecule has 1 heterocycles. The van der Waals surface area contributed by atoms with Gasteiger partial charge in [-0.3, -0.25) is 0 Å². The zero-order chi connectivity index (χ0) is 15.7. The van der Waals surface area contributed by atoms with E-state index in [4.69, 9.17) is 9.47 Å². The molecule has 3 rings (SSSR count). The Bertz CT molecular complexity index is 618. The molecule has 4 atom stereocenters. The molecule has 1 N–H and O–H groups in total. The van der Waals surface area contributed by atoms with E-state index < -0.39 is 0 Å². The van der Waals surface area contributed by atoms with Crippen LogP contribution < -0.4 is 4.74 Å². The zero-order valence-corrected chi connectivity index (χ0v) is 13.2. The summed E-state index contributed by atoms with van der Waals surface area (Å²) in [7, 11) is 1.67. The lowest BCUT2D eigenvalue weighted by atomic mass is 9.85. The van der Waals surface area contributed by atoms with Gasteiger partial charge < -0.3 is 14.6 Å². The zero-order valence-electron chi connectivity index (χ0n) is 13.2. The molecule has 2 aromatic carbocycles. The molecule has 0 bridgehead atoms. The second kappa shape index (κ2) is 6.01. The highest BCUT2D eigenvalue weighted by molar-refractivity contribution is 5.31. The van der Waals surface area contributed by atoms with E-state index in [-0.39, 0.29) is 18.0 Å². The van der Waals surface area contributed by atoms with Crippen molar-refractivity contribution in [1.29, 1.82) is 0 Å². The number of hydrogen-bond acceptors (Lipinski definition) is 3. The van der Waals surface area contributed by atoms with Crippen molar-refractivity contribution in [3.8, 4) is 11.5 Å². The van der Waals surface area contributed by atoms with E-state index in [9.17, 15) is 5.11 Å². The fourth-order valence-corrected chi connectivity index (χ4v) is 3.18. The Hall–Kier alpha value is -2.00. The second-order valence-corrected chi connectivity index (χ2v) is 6.06. The first-order valence-electron chi connectivity index (χ1n) is 7.68. The van der Waals surface area contributed by atoms with Crippen molar-refractivity contribution in [3.05, 3.63) is 59.7 Å². The van der Waals surface area contributed by atoms with Gasteiger partial charge >= 0.3 is 0 Å². The van der Waals surface area contributed by atoms with Crippen LogP contribution in [0, 0.1) is 11.8 Å². The molecule has 22 heavy (non-hydrogen) atoms. The van der Waals surface area contributed by atoms with Crippen LogP contribution >= 0.6 is 0 Å². The number of benzene rings is 2. The molecule has 0 radical (unpaired) electrons. The summed E-state index contributed by atoms with van der Waals surface area (Å²) in [6, 6.07) is 15.4. The van der Waals surface area contributed by atoms with Crippen LogP contribution in [0.3, 0.4) is 0 Å². The highest BCUT2D eigenvalue weighted by atomic mass is 16.5. The molecule has 3 nitrogen and oxygen atoms in total. The lowest BCUT2D eigenvalue weighted by Gasteiger charge is -2.16. The number of rotatable bonds is 3. The number of aromatic hydroxyl groups is 1. The Morgan fingerprint density at radius 3 is 1.73 bits per heavy atom. The molecule has 2 aromatic rings. The minimum atomic E-state index is 0.0581. The van der Waals surface area contributed by atoms with Crippen molar-refractivity contribution < 1.29 is 14.6 Å². The molecule has 0 aromatic heterocycles. The largest absolute Gasteiger partial charge is 0.508 e. The van der Waals surface area contributed by atoms with E-state index in [1.807, 2.05) is 24.3 Å². The van der Waals surface area contributed by atoms with E-state index in [1.54, 1.807) is 19.2 Å². The highest BCUT2D eigenvalue weighted by Crippen LogP contribution is 2.49. The fraction of sp³-hybridized carbons (Fsp3) is 0.368. The van der Waals surface area contributed by atoms with Gasteiger partial charge in [0, 0.05) is 0 Å². The molecule has 0 spiro atoms. The Kier molecular flexibility index (Phi) is 4.08. The van der Waals surface area contributed by atoms with Crippen molar-refractivity contribution in [2.45, 2.75) is 26.1 Å². The Balaban J connectivity index is 1.83. The van der Waals surface area contributed by atoms with Gasteiger partial charge in [-0.05, 0) is 47.2 Å². The van der Waals surface area contributed by atoms with E-state index in [0.29, 0.717) is 11.8 Å². The first kappa shape index (κ1) is 14.9. The summed E-state index contributed by atoms with van der Waals surface area (Å²) in [5.41, 5.74) is 2.30. The third-order valence-electron chi connectivity index (χ3n) is 4.74. The smallest absolute Gasteiger partial charge is 0.118 e. The summed E-state index contributed by atoms with van der Waals surface area (Å²) >= 11 is 0. The molecule has 116 valence electrons. The number of ether oxygens (including phenoxy) is 2. The van der Waals surface area contributed by atoms with Crippen LogP contribution in [0.5, 0.6) is 11.5 Å². The van der Waals surface area contributed by atoms with Crippen molar-refractivity contribution in [3.63, 3.8) is 0 Å². The third-order valence-corrected chi connectivity index (χ3v) is 4.74. The lowest BCUT2D eigenvalue weighted by Crippen LogP contribution is -2.09. The molecule has 3 heteroatoms. The number of phenolic OH excluding ortho intramolecular Hbond substituents is 1. The molecule has 1 saturated heterocycles. The van der Waals surface area contributed by atoms with Gasteiger partial charge in [0.05, 0.1) is 19.3 Å². The highest BCUT2D eigenvalue weighted by Gasteiger charge is 2.40. The van der Waals surface area contributed by atoms with Gasteiger partial charge in [-0.25, -0.2) is 0 Å². The third kappa shape index (κ3) is 2.69. The average Bonchev–Trinajstić information content (AvgIpc) is 2.84. The normalized spacial score (nSPS) is 27.8. The average molecular weight is 298 g/mol. The van der Waals surface area contributed by atoms with Crippen LogP contribution in [0.25, 0.3) is 0 Å². The van der Waals surface area contributed by atoms with Gasteiger partial charge in [0.15, 0.2) is 0 Å². The summed E-state index contributed by atoms with van der Waals surface area (Å²) in [5.74, 6) is 1.98. The minimum absolute atomic E-state index is 0.0581. The molecule has 1 aliphatic rings. The molecule has 0 amide bonds. The molecular formula is C19H22O3. The number of phenols is 1. The topological polar surface area (TPSA) is 38.7 Å². The van der Waals surface area contributed by atoms with Crippen LogP contribution in [0.1, 0.15) is 37.2 Å². The van der Waals surface area contributed by atoms with Gasteiger partial charge in [0.25, 0.3) is 0 Å². The molecule has 1 fully saturated rings. The summed E-state index contributed by atoms with van der Waals surface area (Å²) in [6.07, 6.45) is 0.141. The van der Waals surface area contributed by atoms with Crippen molar-refractivity contribution in [1.82, 2.24) is 0 Å². The van der Waals surface area contributed by atoms with Crippen LogP contribution in [0.15, 0.2) is 48.5 Å². The summed E-state index contributed by atoms with van der Waals surface area (Å²) < 4.78 is 11.6. The maximum atomic E-state index is 9.44. The second-order valence-electron chi connectivity index (χ2n) is 6.06. The van der Waals surface area contributed by atoms with Crippen LogP contribution in [-0.4, -0.2) is 12.2 Å². The van der Waals surface area contributed by atoms with Crippen molar-refractivity contribution in [2.24, 2.45) is 11.8 Å². The Morgan fingerprint density at radius 1 is 0.818 bits per heavy atom. The summed E-state index contributed by atoms with van der Waals surface area (Å²) in [4.78, 5) is 0. The Labute approximate surface area is 131 Å². The van der Waals surface area contributed by atoms with Crippen LogP contribution in [-0.2, 0) is 4.74 Å². The maximum absolute atomic E-state index is 9.44. The molecule has 0 saturated carbocycles. The van der Waals surface area contributed by atoms with Gasteiger partial charge in [0.2, 0.25) is 0 Å². The maximum Gasteiger partial charge on any atom is 0.118 e. The van der Waals surface area contributed by atoms with Gasteiger partial charge in [-0.1, -0.05) is 38.1 Å². The number of hydrogen-bond donors (Lipinski definition) is 1. The first-order valence-corrected chi connectivity index (χ1v) is 7.68. The van der Waals surface area contributed by atoms with Gasteiger partial charge in [0.1, 0.15) is 11.5 Å². The van der Waals surface area contributed by atoms with E-state index in [1.165, 1.54) is 5.56 Å². The van der Waals surface area contributed by atoms with E-state index in [0.717, 1.165) is 11.3 Å². The number of methoxy groups -OCH3 is 1. The molecule has 0 unspecified atom stereocenters. The van der Waals surface area contributed by atoms with Gasteiger partial charge in [-0.15, -0.1) is 0 Å². The summed E-state index contributed by atoms with van der Waals surface area (Å²) in [5, 5.41) is 9.44. The first-order chi connectivity index (χ1) is 10.6. The lowest BCUT2D eigenvalue weighted by molar-refractivity contribution is 0.0290. The van der Waals surface area contributed by atoms with E-state index >= 15 is 0 Å². The van der Waals surface area contributed by atoms with Gasteiger partial charge in [-0.2, -0.15) is 0 Å². The molecule has 1 aliphatic heterocycles. The van der Waals surface area contributed by atoms with Crippen LogP contribution in [0.4, 0.5) is 0 Å². The Morgan fingerprint density at radius 2 is 1.27 bits per heavy atom. The SMILES string of the molecule is COc1ccc([C@H]2O[C@H](c3ccc(O)cc3)[C@@H](C)[C@H]2C)cc1. The van der Waals surface area contributed by atoms with Crippen molar-refractivity contribution in [2.75, 3.05) is 7.11 Å². The van der Waals surface area contributed by atoms with Crippen molar-refractivity contribution >= 4 is 0 Å². The molecule has 0 aliphatic carbocycles. The quantitative estimate of drug-likeness (QED) is 0.907. The predicted octanol–water partition coefficient (Wildman–Crippen LogP) is 4.49. The standard InChI is InChI=1S/C19H22O3/c1-12-13(2)19(15-6-10-17(21-3)11-7-15)22-18(12)14-4-8-16(20)9-5-14/h4-13,18-20H,1-3H3/t12-,13+,18-,19-/m0/s1. The fourth-order valence-electron chi connectivity index (χ4n) is 3.18. The minimum Gasteiger partial charge on any atom is -0.508 e. The molecular weight excluding hydrogens is 276 g/mol. The predicted molar refractivity (Wildman–Crippen MR) is 86.0 cm³/mol.